The highest BCUT2D eigenvalue weighted by molar-refractivity contribution is 6.31. The van der Waals surface area contributed by atoms with Crippen LogP contribution in [0, 0.1) is 45.6 Å². The first-order chi connectivity index (χ1) is 11.5. The Kier molecular flexibility index (Phi) is 2.62. The highest BCUT2D eigenvalue weighted by atomic mass is 35.5. The molecule has 0 unspecified atom stereocenters. The zero-order chi connectivity index (χ0) is 16.7. The van der Waals surface area contributed by atoms with Crippen molar-refractivity contribution in [2.75, 3.05) is 4.90 Å². The van der Waals surface area contributed by atoms with Crippen LogP contribution in [-0.2, 0) is 9.59 Å². The van der Waals surface area contributed by atoms with Crippen molar-refractivity contribution in [3.8, 4) is 0 Å². The molecule has 1 heterocycles. The predicted octanol–water partition coefficient (Wildman–Crippen LogP) is 2.81. The van der Waals surface area contributed by atoms with E-state index in [9.17, 15) is 19.7 Å². The average Bonchev–Trinajstić information content (AvgIpc) is 3.33. The van der Waals surface area contributed by atoms with Crippen molar-refractivity contribution in [2.45, 2.75) is 6.42 Å². The Hall–Kier alpha value is -2.21. The quantitative estimate of drug-likeness (QED) is 0.357. The summed E-state index contributed by atoms with van der Waals surface area (Å²) in [5.74, 6) is -0.162. The third kappa shape index (κ3) is 1.61. The monoisotopic (exact) mass is 344 g/mol. The Morgan fingerprint density at radius 1 is 1.08 bits per heavy atom. The second kappa shape index (κ2) is 4.45. The van der Waals surface area contributed by atoms with Crippen LogP contribution in [0.15, 0.2) is 30.4 Å². The maximum absolute atomic E-state index is 13.0. The number of rotatable bonds is 2. The summed E-state index contributed by atoms with van der Waals surface area (Å²) >= 11 is 5.84. The van der Waals surface area contributed by atoms with Crippen molar-refractivity contribution in [1.82, 2.24) is 0 Å². The second-order valence-corrected chi connectivity index (χ2v) is 7.49. The first kappa shape index (κ1) is 14.2. The van der Waals surface area contributed by atoms with Gasteiger partial charge in [0.25, 0.3) is 5.69 Å². The largest absolute Gasteiger partial charge is 0.294 e. The maximum atomic E-state index is 13.0. The minimum Gasteiger partial charge on any atom is -0.274 e. The molecule has 3 fully saturated rings. The van der Waals surface area contributed by atoms with Crippen LogP contribution < -0.4 is 4.90 Å². The first-order valence-electron chi connectivity index (χ1n) is 7.99. The minimum atomic E-state index is -0.603. The van der Waals surface area contributed by atoms with Crippen molar-refractivity contribution in [3.05, 3.63) is 45.5 Å². The molecule has 1 aromatic rings. The summed E-state index contributed by atoms with van der Waals surface area (Å²) < 4.78 is 0. The zero-order valence-corrected chi connectivity index (χ0v) is 13.2. The summed E-state index contributed by atoms with van der Waals surface area (Å²) in [6, 6.07) is 4.05. The zero-order valence-electron chi connectivity index (χ0n) is 12.5. The number of nitro benzene ring substituents is 1. The number of carbonyl (C=O) groups is 2. The molecular formula is C17H13ClN2O4. The van der Waals surface area contributed by atoms with Gasteiger partial charge in [-0.25, -0.2) is 4.90 Å². The Morgan fingerprint density at radius 2 is 1.67 bits per heavy atom. The van der Waals surface area contributed by atoms with Crippen LogP contribution in [0.1, 0.15) is 6.42 Å². The molecule has 24 heavy (non-hydrogen) atoms. The van der Waals surface area contributed by atoms with Gasteiger partial charge in [-0.2, -0.15) is 0 Å². The van der Waals surface area contributed by atoms with Crippen LogP contribution in [0.2, 0.25) is 5.02 Å². The van der Waals surface area contributed by atoms with Crippen LogP contribution >= 0.6 is 11.6 Å². The number of imide groups is 1. The fraction of sp³-hybridized carbons (Fsp3) is 0.412. The van der Waals surface area contributed by atoms with Crippen LogP contribution in [0.25, 0.3) is 0 Å². The van der Waals surface area contributed by atoms with Gasteiger partial charge in [-0.05, 0) is 42.2 Å². The Labute approximate surface area is 142 Å². The van der Waals surface area contributed by atoms with Gasteiger partial charge in [0.2, 0.25) is 11.8 Å². The van der Waals surface area contributed by atoms with E-state index >= 15 is 0 Å². The Bertz CT molecular complexity index is 815. The molecule has 2 saturated carbocycles. The molecule has 2 amide bonds. The van der Waals surface area contributed by atoms with E-state index in [2.05, 4.69) is 12.2 Å². The minimum absolute atomic E-state index is 0.0295. The van der Waals surface area contributed by atoms with Gasteiger partial charge in [-0.3, -0.25) is 19.7 Å². The Balaban J connectivity index is 1.61. The van der Waals surface area contributed by atoms with Crippen molar-refractivity contribution in [2.24, 2.45) is 35.5 Å². The number of amides is 2. The smallest absolute Gasteiger partial charge is 0.274 e. The molecule has 6 rings (SSSR count). The van der Waals surface area contributed by atoms with Crippen LogP contribution in [0.5, 0.6) is 0 Å². The summed E-state index contributed by atoms with van der Waals surface area (Å²) in [6.07, 6.45) is 5.23. The van der Waals surface area contributed by atoms with E-state index in [1.807, 2.05) is 0 Å². The fourth-order valence-electron chi connectivity index (χ4n) is 5.03. The number of anilines is 1. The normalized spacial score (nSPS) is 38.3. The number of nitro groups is 1. The molecule has 1 saturated heterocycles. The lowest BCUT2D eigenvalue weighted by Gasteiger charge is -2.37. The molecule has 6 nitrogen and oxygen atoms in total. The number of allylic oxidation sites excluding steroid dienone is 2. The lowest BCUT2D eigenvalue weighted by Crippen LogP contribution is -2.40. The van der Waals surface area contributed by atoms with E-state index < -0.39 is 4.92 Å². The molecule has 122 valence electrons. The van der Waals surface area contributed by atoms with Crippen LogP contribution in [-0.4, -0.2) is 16.7 Å². The third-order valence-corrected chi connectivity index (χ3v) is 6.27. The van der Waals surface area contributed by atoms with Gasteiger partial charge in [-0.15, -0.1) is 0 Å². The molecule has 7 heteroatoms. The number of nitrogens with zero attached hydrogens (tertiary/aromatic N) is 2. The first-order valence-corrected chi connectivity index (χ1v) is 8.37. The lowest BCUT2D eigenvalue weighted by atomic mass is 9.63. The summed E-state index contributed by atoms with van der Waals surface area (Å²) in [5, 5.41) is 11.5. The molecule has 2 bridgehead atoms. The van der Waals surface area contributed by atoms with Crippen molar-refractivity contribution >= 4 is 34.8 Å². The number of benzene rings is 1. The van der Waals surface area contributed by atoms with Crippen molar-refractivity contribution in [3.63, 3.8) is 0 Å². The standard InChI is InChI=1S/C17H13ClN2O4/c18-7-1-4-12(13(5-7)20(23)24)19-16(21)14-8-2-3-9(11-6-10(8)11)15(14)17(19)22/h1-5,8-11,14-15H,6H2/t8-,9-,10-,11+,14-,15+/m0/s1. The molecular weight excluding hydrogens is 332 g/mol. The van der Waals surface area contributed by atoms with E-state index in [0.29, 0.717) is 11.8 Å². The molecule has 0 spiro atoms. The van der Waals surface area contributed by atoms with Crippen molar-refractivity contribution in [1.29, 1.82) is 0 Å². The topological polar surface area (TPSA) is 80.5 Å². The van der Waals surface area contributed by atoms with Crippen LogP contribution in [0.3, 0.4) is 0 Å². The number of halogens is 1. The highest BCUT2D eigenvalue weighted by Crippen LogP contribution is 2.65. The summed E-state index contributed by atoms with van der Waals surface area (Å²) in [7, 11) is 0. The Morgan fingerprint density at radius 3 is 2.21 bits per heavy atom. The summed E-state index contributed by atoms with van der Waals surface area (Å²) in [5.41, 5.74) is -0.282. The molecule has 4 aliphatic carbocycles. The molecule has 1 aromatic carbocycles. The fourth-order valence-corrected chi connectivity index (χ4v) is 5.19. The van der Waals surface area contributed by atoms with E-state index in [1.165, 1.54) is 18.2 Å². The lowest BCUT2D eigenvalue weighted by molar-refractivity contribution is -0.384. The summed E-state index contributed by atoms with van der Waals surface area (Å²) in [6.45, 7) is 0. The molecule has 0 radical (unpaired) electrons. The van der Waals surface area contributed by atoms with Crippen molar-refractivity contribution < 1.29 is 14.5 Å². The second-order valence-electron chi connectivity index (χ2n) is 7.06. The van der Waals surface area contributed by atoms with Gasteiger partial charge in [0.15, 0.2) is 0 Å². The van der Waals surface area contributed by atoms with Gasteiger partial charge < -0.3 is 0 Å². The van der Waals surface area contributed by atoms with Gasteiger partial charge in [0.1, 0.15) is 5.69 Å². The number of hydrogen-bond donors (Lipinski definition) is 0. The maximum Gasteiger partial charge on any atom is 0.294 e. The van der Waals surface area contributed by atoms with E-state index in [0.717, 1.165) is 11.3 Å². The molecule has 5 aliphatic rings. The molecule has 1 aliphatic heterocycles. The van der Waals surface area contributed by atoms with E-state index in [4.69, 9.17) is 11.6 Å². The van der Waals surface area contributed by atoms with E-state index in [-0.39, 0.29) is 51.9 Å². The average molecular weight is 345 g/mol. The molecule has 6 atom stereocenters. The highest BCUT2D eigenvalue weighted by Gasteiger charge is 2.67. The molecule has 0 aromatic heterocycles. The number of hydrogen-bond acceptors (Lipinski definition) is 4. The SMILES string of the molecule is O=C1[C@@H]2[C@H]3C=C[C@@H]([C@@H]4C[C@H]34)[C@@H]2C(=O)N1c1ccc(Cl)cc1[N+](=O)[O-]. The summed E-state index contributed by atoms with van der Waals surface area (Å²) in [4.78, 5) is 37.7. The molecule has 0 N–H and O–H groups in total. The van der Waals surface area contributed by atoms with E-state index in [1.54, 1.807) is 0 Å². The third-order valence-electron chi connectivity index (χ3n) is 6.04. The predicted molar refractivity (Wildman–Crippen MR) is 85.3 cm³/mol. The van der Waals surface area contributed by atoms with Gasteiger partial charge >= 0.3 is 0 Å². The number of carbonyl (C=O) groups excluding carboxylic acids is 2. The van der Waals surface area contributed by atoms with Gasteiger partial charge in [0, 0.05) is 11.1 Å². The van der Waals surface area contributed by atoms with Gasteiger partial charge in [-0.1, -0.05) is 23.8 Å². The van der Waals surface area contributed by atoms with Gasteiger partial charge in [0.05, 0.1) is 16.8 Å². The van der Waals surface area contributed by atoms with Crippen LogP contribution in [0.4, 0.5) is 11.4 Å².